The van der Waals surface area contributed by atoms with Crippen molar-refractivity contribution in [1.29, 1.82) is 0 Å². The van der Waals surface area contributed by atoms with E-state index in [4.69, 9.17) is 9.47 Å². The Labute approximate surface area is 186 Å². The fourth-order valence-corrected chi connectivity index (χ4v) is 5.76. The maximum absolute atomic E-state index is 13.3. The third kappa shape index (κ3) is 3.26. The number of aliphatic hydroxyl groups is 1. The first-order chi connectivity index (χ1) is 15.3. The zero-order valence-electron chi connectivity index (χ0n) is 18.5. The molecule has 1 aromatic rings. The van der Waals surface area contributed by atoms with Gasteiger partial charge >= 0.3 is 0 Å². The van der Waals surface area contributed by atoms with Crippen molar-refractivity contribution in [2.45, 2.75) is 32.0 Å². The van der Waals surface area contributed by atoms with Crippen molar-refractivity contribution in [2.24, 2.45) is 11.8 Å². The predicted molar refractivity (Wildman–Crippen MR) is 114 cm³/mol. The van der Waals surface area contributed by atoms with Gasteiger partial charge in [-0.2, -0.15) is 0 Å². The Kier molecular flexibility index (Phi) is 5.13. The number of carbonyl (C=O) groups is 3. The van der Waals surface area contributed by atoms with Crippen LogP contribution >= 0.6 is 0 Å². The summed E-state index contributed by atoms with van der Waals surface area (Å²) in [5.41, 5.74) is 0.927. The van der Waals surface area contributed by atoms with Crippen LogP contribution in [0.3, 0.4) is 0 Å². The molecule has 32 heavy (non-hydrogen) atoms. The molecule has 9 heteroatoms. The van der Waals surface area contributed by atoms with Gasteiger partial charge in [0.2, 0.25) is 11.8 Å². The lowest BCUT2D eigenvalue weighted by Gasteiger charge is -2.40. The van der Waals surface area contributed by atoms with E-state index in [1.54, 1.807) is 4.90 Å². The lowest BCUT2D eigenvalue weighted by atomic mass is 9.83. The van der Waals surface area contributed by atoms with E-state index in [1.807, 2.05) is 36.9 Å². The molecule has 4 aliphatic heterocycles. The number of amides is 3. The summed E-state index contributed by atoms with van der Waals surface area (Å²) in [6.45, 7) is 5.28. The van der Waals surface area contributed by atoms with Crippen molar-refractivity contribution < 1.29 is 29.0 Å². The van der Waals surface area contributed by atoms with Crippen molar-refractivity contribution in [1.82, 2.24) is 9.80 Å². The number of hydrogen-bond donors (Lipinski definition) is 1. The zero-order chi connectivity index (χ0) is 22.6. The summed E-state index contributed by atoms with van der Waals surface area (Å²) < 4.78 is 11.9. The Hall–Kier alpha value is -2.65. The minimum absolute atomic E-state index is 0.0361. The number of benzene rings is 1. The first-order valence-electron chi connectivity index (χ1n) is 11.2. The minimum atomic E-state index is -0.652. The molecule has 3 fully saturated rings. The largest absolute Gasteiger partial charge is 0.482 e. The molecule has 2 bridgehead atoms. The monoisotopic (exact) mass is 443 g/mol. The van der Waals surface area contributed by atoms with E-state index >= 15 is 0 Å². The Morgan fingerprint density at radius 2 is 1.94 bits per heavy atom. The highest BCUT2D eigenvalue weighted by molar-refractivity contribution is 6.02. The van der Waals surface area contributed by atoms with Crippen LogP contribution in [0.1, 0.15) is 18.9 Å². The van der Waals surface area contributed by atoms with Crippen molar-refractivity contribution >= 4 is 23.4 Å². The Balaban J connectivity index is 1.36. The van der Waals surface area contributed by atoms with Crippen LogP contribution in [-0.4, -0.2) is 90.3 Å². The fourth-order valence-electron chi connectivity index (χ4n) is 5.76. The minimum Gasteiger partial charge on any atom is -0.482 e. The van der Waals surface area contributed by atoms with Crippen LogP contribution in [-0.2, 0) is 19.1 Å². The maximum Gasteiger partial charge on any atom is 0.265 e. The lowest BCUT2D eigenvalue weighted by Crippen LogP contribution is -2.56. The van der Waals surface area contributed by atoms with Gasteiger partial charge in [0.15, 0.2) is 6.61 Å². The van der Waals surface area contributed by atoms with E-state index in [0.29, 0.717) is 44.0 Å². The van der Waals surface area contributed by atoms with E-state index < -0.39 is 5.60 Å². The first kappa shape index (κ1) is 21.2. The number of anilines is 1. The lowest BCUT2D eigenvalue weighted by molar-refractivity contribution is -0.154. The number of morpholine rings is 1. The first-order valence-corrected chi connectivity index (χ1v) is 11.2. The molecule has 0 aromatic heterocycles. The maximum atomic E-state index is 13.3. The van der Waals surface area contributed by atoms with Crippen molar-refractivity contribution in [3.05, 3.63) is 23.8 Å². The molecule has 3 amide bonds. The molecule has 0 aliphatic carbocycles. The number of ether oxygens (including phenoxy) is 2. The van der Waals surface area contributed by atoms with Crippen LogP contribution in [0.5, 0.6) is 5.75 Å². The Bertz CT molecular complexity index is 967. The molecular formula is C23H29N3O6. The van der Waals surface area contributed by atoms with Gasteiger partial charge in [-0.3, -0.25) is 19.3 Å². The highest BCUT2D eigenvalue weighted by atomic mass is 16.5. The molecular weight excluding hydrogens is 414 g/mol. The summed E-state index contributed by atoms with van der Waals surface area (Å²) in [5, 5.41) is 10.0. The second-order valence-corrected chi connectivity index (χ2v) is 9.32. The second kappa shape index (κ2) is 7.74. The quantitative estimate of drug-likeness (QED) is 0.713. The molecule has 1 N–H and O–H groups in total. The molecule has 4 heterocycles. The van der Waals surface area contributed by atoms with Gasteiger partial charge in [0.05, 0.1) is 24.9 Å². The number of carbonyl (C=O) groups excluding carboxylic acids is 3. The number of nitrogens with zero attached hydrogens (tertiary/aromatic N) is 3. The highest BCUT2D eigenvalue weighted by Crippen LogP contribution is 2.49. The molecule has 3 saturated heterocycles. The third-order valence-electron chi connectivity index (χ3n) is 7.36. The van der Waals surface area contributed by atoms with E-state index in [0.717, 1.165) is 5.56 Å². The molecule has 4 atom stereocenters. The number of hydrogen-bond acceptors (Lipinski definition) is 6. The number of rotatable bonds is 4. The van der Waals surface area contributed by atoms with Gasteiger partial charge in [0.25, 0.3) is 5.91 Å². The normalized spacial score (nSPS) is 30.8. The van der Waals surface area contributed by atoms with E-state index in [-0.39, 0.29) is 55.4 Å². The zero-order valence-corrected chi connectivity index (χ0v) is 18.5. The van der Waals surface area contributed by atoms with Gasteiger partial charge < -0.3 is 24.4 Å². The van der Waals surface area contributed by atoms with Crippen LogP contribution < -0.4 is 9.64 Å². The number of aryl methyl sites for hydroxylation is 1. The fraction of sp³-hybridized carbons (Fsp3) is 0.609. The Morgan fingerprint density at radius 1 is 1.19 bits per heavy atom. The van der Waals surface area contributed by atoms with Crippen LogP contribution in [0.15, 0.2) is 18.2 Å². The summed E-state index contributed by atoms with van der Waals surface area (Å²) in [7, 11) is 0. The van der Waals surface area contributed by atoms with Crippen LogP contribution in [0.2, 0.25) is 0 Å². The Morgan fingerprint density at radius 3 is 2.66 bits per heavy atom. The molecule has 172 valence electrons. The average Bonchev–Trinajstić information content (AvgIpc) is 3.22. The number of aliphatic hydroxyl groups excluding tert-OH is 1. The van der Waals surface area contributed by atoms with Gasteiger partial charge in [0.1, 0.15) is 17.9 Å². The number of fused-ring (bicyclic) bond motifs is 2. The van der Waals surface area contributed by atoms with Crippen LogP contribution in [0.25, 0.3) is 0 Å². The molecule has 0 unspecified atom stereocenters. The van der Waals surface area contributed by atoms with Crippen LogP contribution in [0, 0.1) is 18.8 Å². The summed E-state index contributed by atoms with van der Waals surface area (Å²) >= 11 is 0. The average molecular weight is 444 g/mol. The molecule has 5 rings (SSSR count). The summed E-state index contributed by atoms with van der Waals surface area (Å²) in [5.74, 6) is 0.0724. The molecule has 0 radical (unpaired) electrons. The summed E-state index contributed by atoms with van der Waals surface area (Å²) in [6, 6.07) is 5.57. The molecule has 1 spiro atoms. The standard InChI is InChI=1S/C23H29N3O6/c1-3-20(28)25-8-19-15(10-27)16-7-24(12-23(16,13-25)32-19)21(29)9-26-17-6-14(2)4-5-18(17)31-11-22(26)30/h4-6,15-16,19,27H,3,7-13H2,1-2H3/t15-,16+,19+,23-/m0/s1. The predicted octanol–water partition coefficient (Wildman–Crippen LogP) is 0.177. The van der Waals surface area contributed by atoms with E-state index in [9.17, 15) is 19.5 Å². The van der Waals surface area contributed by atoms with Crippen LogP contribution in [0.4, 0.5) is 5.69 Å². The van der Waals surface area contributed by atoms with Gasteiger partial charge in [-0.15, -0.1) is 0 Å². The SMILES string of the molecule is CCC(=O)N1C[C@H]2O[C@@]3(CN(C(=O)CN4C(=O)COc5ccc(C)cc54)C[C@@H]3[C@@H]2CO)C1. The van der Waals surface area contributed by atoms with Gasteiger partial charge in [-0.05, 0) is 24.6 Å². The number of likely N-dealkylation sites (tertiary alicyclic amines) is 2. The van der Waals surface area contributed by atoms with Crippen molar-refractivity contribution in [3.8, 4) is 5.75 Å². The molecule has 4 aliphatic rings. The smallest absolute Gasteiger partial charge is 0.265 e. The third-order valence-corrected chi connectivity index (χ3v) is 7.36. The highest BCUT2D eigenvalue weighted by Gasteiger charge is 2.63. The van der Waals surface area contributed by atoms with Crippen molar-refractivity contribution in [2.75, 3.05) is 50.8 Å². The van der Waals surface area contributed by atoms with E-state index in [1.165, 1.54) is 4.90 Å². The summed E-state index contributed by atoms with van der Waals surface area (Å²) in [4.78, 5) is 43.3. The topological polar surface area (TPSA) is 99.6 Å². The molecule has 9 nitrogen and oxygen atoms in total. The van der Waals surface area contributed by atoms with E-state index in [2.05, 4.69) is 0 Å². The van der Waals surface area contributed by atoms with Gasteiger partial charge in [0, 0.05) is 38.0 Å². The second-order valence-electron chi connectivity index (χ2n) is 9.32. The van der Waals surface area contributed by atoms with Crippen molar-refractivity contribution in [3.63, 3.8) is 0 Å². The molecule has 0 saturated carbocycles. The van der Waals surface area contributed by atoms with Gasteiger partial charge in [-0.1, -0.05) is 13.0 Å². The molecule has 1 aromatic carbocycles. The summed E-state index contributed by atoms with van der Waals surface area (Å²) in [6.07, 6.45) is 0.208. The van der Waals surface area contributed by atoms with Gasteiger partial charge in [-0.25, -0.2) is 0 Å².